The van der Waals surface area contributed by atoms with E-state index in [-0.39, 0.29) is 17.2 Å². The fourth-order valence-electron chi connectivity index (χ4n) is 3.00. The summed E-state index contributed by atoms with van der Waals surface area (Å²) in [5.74, 6) is -1.85. The third-order valence-electron chi connectivity index (χ3n) is 4.46. The van der Waals surface area contributed by atoms with Crippen LogP contribution in [0.15, 0.2) is 60.7 Å². The number of rotatable bonds is 8. The van der Waals surface area contributed by atoms with Crippen LogP contribution >= 0.6 is 0 Å². The van der Waals surface area contributed by atoms with Crippen molar-refractivity contribution in [1.29, 1.82) is 5.26 Å². The number of nitrogens with zero attached hydrogens (tertiary/aromatic N) is 2. The van der Waals surface area contributed by atoms with E-state index in [1.165, 1.54) is 18.2 Å². The third kappa shape index (κ3) is 5.64. The predicted molar refractivity (Wildman–Crippen MR) is 113 cm³/mol. The molecule has 1 amide bonds. The number of anilines is 1. The number of benzene rings is 2. The number of nitrogens with one attached hydrogen (secondary N) is 2. The Kier molecular flexibility index (Phi) is 6.91. The summed E-state index contributed by atoms with van der Waals surface area (Å²) in [6.45, 7) is -0.167. The van der Waals surface area contributed by atoms with Crippen LogP contribution in [0.25, 0.3) is 11.3 Å². The number of hydrogen-bond donors (Lipinski definition) is 3. The van der Waals surface area contributed by atoms with E-state index in [4.69, 9.17) is 5.11 Å². The first-order valence-electron chi connectivity index (χ1n) is 9.47. The summed E-state index contributed by atoms with van der Waals surface area (Å²) >= 11 is 0. The van der Waals surface area contributed by atoms with Crippen molar-refractivity contribution in [1.82, 2.24) is 10.3 Å². The summed E-state index contributed by atoms with van der Waals surface area (Å²) in [4.78, 5) is 27.7. The Balaban J connectivity index is 1.88. The lowest BCUT2D eigenvalue weighted by atomic mass is 10.0. The molecule has 0 radical (unpaired) electrons. The molecule has 3 aromatic rings. The van der Waals surface area contributed by atoms with E-state index in [0.717, 1.165) is 5.56 Å². The van der Waals surface area contributed by atoms with Crippen LogP contribution in [-0.2, 0) is 11.2 Å². The Morgan fingerprint density at radius 1 is 1.10 bits per heavy atom. The van der Waals surface area contributed by atoms with Crippen molar-refractivity contribution < 1.29 is 19.1 Å². The highest BCUT2D eigenvalue weighted by molar-refractivity contribution is 6.00. The summed E-state index contributed by atoms with van der Waals surface area (Å²) in [6, 6.07) is 18.4. The molecule has 0 aliphatic carbocycles. The van der Waals surface area contributed by atoms with Gasteiger partial charge in [-0.1, -0.05) is 30.3 Å². The standard InChI is InChI=1S/C23H19FN4O3/c24-17-6-3-4-15(12-17)10-11-26-22-19(23(31)27-14-21(29)30)8-9-20(28-22)18-7-2-1-5-16(18)13-25/h1-9,12H,10-11,14H2,(H,26,28)(H,27,31)(H,29,30). The van der Waals surface area contributed by atoms with Gasteiger partial charge in [-0.15, -0.1) is 0 Å². The van der Waals surface area contributed by atoms with Crippen molar-refractivity contribution in [2.24, 2.45) is 0 Å². The van der Waals surface area contributed by atoms with Crippen LogP contribution < -0.4 is 10.6 Å². The fourth-order valence-corrected chi connectivity index (χ4v) is 3.00. The number of amides is 1. The number of aromatic nitrogens is 1. The van der Waals surface area contributed by atoms with Crippen molar-refractivity contribution in [2.45, 2.75) is 6.42 Å². The van der Waals surface area contributed by atoms with E-state index in [9.17, 15) is 19.2 Å². The molecule has 8 heteroatoms. The normalized spacial score (nSPS) is 10.2. The number of carbonyl (C=O) groups excluding carboxylic acids is 1. The lowest BCUT2D eigenvalue weighted by molar-refractivity contribution is -0.135. The number of carboxylic acid groups (broad SMARTS) is 1. The molecule has 3 N–H and O–H groups in total. The molecule has 0 aliphatic heterocycles. The number of halogens is 1. The first kappa shape index (κ1) is 21.5. The number of nitriles is 1. The van der Waals surface area contributed by atoms with Crippen molar-refractivity contribution in [3.8, 4) is 17.3 Å². The summed E-state index contributed by atoms with van der Waals surface area (Å²) in [6.07, 6.45) is 0.481. The fraction of sp³-hybridized carbons (Fsp3) is 0.130. The second-order valence-corrected chi connectivity index (χ2v) is 6.63. The number of pyridine rings is 1. The van der Waals surface area contributed by atoms with Gasteiger partial charge >= 0.3 is 5.97 Å². The molecule has 2 aromatic carbocycles. The summed E-state index contributed by atoms with van der Waals surface area (Å²) in [5, 5.41) is 23.6. The van der Waals surface area contributed by atoms with Gasteiger partial charge < -0.3 is 15.7 Å². The molecule has 31 heavy (non-hydrogen) atoms. The second-order valence-electron chi connectivity index (χ2n) is 6.63. The van der Waals surface area contributed by atoms with Crippen LogP contribution in [0.3, 0.4) is 0 Å². The second kappa shape index (κ2) is 9.98. The van der Waals surface area contributed by atoms with Gasteiger partial charge in [0.15, 0.2) is 0 Å². The minimum atomic E-state index is -1.17. The Morgan fingerprint density at radius 2 is 1.90 bits per heavy atom. The predicted octanol–water partition coefficient (Wildman–Crippen LogP) is 3.23. The van der Waals surface area contributed by atoms with Gasteiger partial charge in [0.25, 0.3) is 5.91 Å². The van der Waals surface area contributed by atoms with Gasteiger partial charge in [-0.25, -0.2) is 9.37 Å². The zero-order chi connectivity index (χ0) is 22.2. The lowest BCUT2D eigenvalue weighted by Gasteiger charge is -2.13. The molecule has 156 valence electrons. The minimum Gasteiger partial charge on any atom is -0.480 e. The molecule has 0 atom stereocenters. The van der Waals surface area contributed by atoms with E-state index in [1.807, 2.05) is 0 Å². The van der Waals surface area contributed by atoms with Crippen LogP contribution in [0.1, 0.15) is 21.5 Å². The molecule has 0 bridgehead atoms. The number of aliphatic carboxylic acids is 1. The number of carbonyl (C=O) groups is 2. The third-order valence-corrected chi connectivity index (χ3v) is 4.46. The van der Waals surface area contributed by atoms with E-state index in [1.54, 1.807) is 42.5 Å². The van der Waals surface area contributed by atoms with Crippen LogP contribution in [0, 0.1) is 17.1 Å². The molecular formula is C23H19FN4O3. The van der Waals surface area contributed by atoms with Crippen molar-refractivity contribution in [3.63, 3.8) is 0 Å². The zero-order valence-electron chi connectivity index (χ0n) is 16.4. The Bertz CT molecular complexity index is 1160. The van der Waals surface area contributed by atoms with Crippen molar-refractivity contribution in [2.75, 3.05) is 18.4 Å². The molecule has 3 rings (SSSR count). The van der Waals surface area contributed by atoms with E-state index in [2.05, 4.69) is 21.7 Å². The molecule has 1 aromatic heterocycles. The Morgan fingerprint density at radius 3 is 2.65 bits per heavy atom. The zero-order valence-corrected chi connectivity index (χ0v) is 16.4. The highest BCUT2D eigenvalue weighted by Gasteiger charge is 2.16. The first-order chi connectivity index (χ1) is 15.0. The van der Waals surface area contributed by atoms with E-state index < -0.39 is 18.4 Å². The molecule has 7 nitrogen and oxygen atoms in total. The molecule has 1 heterocycles. The van der Waals surface area contributed by atoms with E-state index in [0.29, 0.717) is 29.8 Å². The topological polar surface area (TPSA) is 115 Å². The maximum absolute atomic E-state index is 13.4. The number of hydrogen-bond acceptors (Lipinski definition) is 5. The maximum Gasteiger partial charge on any atom is 0.322 e. The Labute approximate surface area is 178 Å². The summed E-state index contributed by atoms with van der Waals surface area (Å²) in [7, 11) is 0. The molecule has 0 spiro atoms. The molecular weight excluding hydrogens is 399 g/mol. The summed E-state index contributed by atoms with van der Waals surface area (Å²) in [5.41, 5.74) is 2.47. The maximum atomic E-state index is 13.4. The van der Waals surface area contributed by atoms with Crippen molar-refractivity contribution in [3.05, 3.63) is 83.2 Å². The first-order valence-corrected chi connectivity index (χ1v) is 9.47. The van der Waals surface area contributed by atoms with Gasteiger partial charge in [-0.2, -0.15) is 5.26 Å². The SMILES string of the molecule is N#Cc1ccccc1-c1ccc(C(=O)NCC(=O)O)c(NCCc2cccc(F)c2)n1. The van der Waals surface area contributed by atoms with Gasteiger partial charge in [-0.3, -0.25) is 9.59 Å². The highest BCUT2D eigenvalue weighted by atomic mass is 19.1. The molecule has 0 fully saturated rings. The van der Waals surface area contributed by atoms with Gasteiger partial charge in [0.05, 0.1) is 22.9 Å². The largest absolute Gasteiger partial charge is 0.480 e. The molecule has 0 aliphatic rings. The average molecular weight is 418 g/mol. The number of carboxylic acids is 1. The highest BCUT2D eigenvalue weighted by Crippen LogP contribution is 2.25. The van der Waals surface area contributed by atoms with Gasteiger partial charge in [0.2, 0.25) is 0 Å². The molecule has 0 saturated heterocycles. The van der Waals surface area contributed by atoms with Crippen LogP contribution in [0.2, 0.25) is 0 Å². The van der Waals surface area contributed by atoms with Crippen LogP contribution in [-0.4, -0.2) is 35.1 Å². The van der Waals surface area contributed by atoms with Gasteiger partial charge in [0.1, 0.15) is 18.2 Å². The minimum absolute atomic E-state index is 0.165. The quantitative estimate of drug-likeness (QED) is 0.517. The molecule has 0 saturated carbocycles. The Hall–Kier alpha value is -4.25. The van der Waals surface area contributed by atoms with Crippen LogP contribution in [0.5, 0.6) is 0 Å². The van der Waals surface area contributed by atoms with E-state index >= 15 is 0 Å². The summed E-state index contributed by atoms with van der Waals surface area (Å²) < 4.78 is 13.4. The molecule has 0 unspecified atom stereocenters. The average Bonchev–Trinajstić information content (AvgIpc) is 2.77. The van der Waals surface area contributed by atoms with Gasteiger partial charge in [0, 0.05) is 12.1 Å². The van der Waals surface area contributed by atoms with Crippen LogP contribution in [0.4, 0.5) is 10.2 Å². The smallest absolute Gasteiger partial charge is 0.322 e. The van der Waals surface area contributed by atoms with Crippen molar-refractivity contribution >= 4 is 17.7 Å². The lowest BCUT2D eigenvalue weighted by Crippen LogP contribution is -2.30. The van der Waals surface area contributed by atoms with Gasteiger partial charge in [-0.05, 0) is 42.3 Å². The monoisotopic (exact) mass is 418 g/mol.